The number of imidazole rings is 1. The fraction of sp³-hybridized carbons (Fsp3) is 0.391. The molecule has 3 aliphatic rings. The lowest BCUT2D eigenvalue weighted by atomic mass is 9.82. The molecule has 7 heterocycles. The summed E-state index contributed by atoms with van der Waals surface area (Å²) in [5.41, 5.74) is 10.5. The number of nitro groups is 1. The summed E-state index contributed by atoms with van der Waals surface area (Å²) in [4.78, 5) is 34.5. The van der Waals surface area contributed by atoms with Crippen molar-refractivity contribution in [2.45, 2.75) is 77.0 Å². The molecule has 19 heteroatoms. The van der Waals surface area contributed by atoms with Crippen molar-refractivity contribution in [2.24, 2.45) is 0 Å². The lowest BCUT2D eigenvalue weighted by molar-refractivity contribution is -0.384. The minimum Gasteiger partial charge on any atom is -0.490 e. The molecule has 0 amide bonds. The summed E-state index contributed by atoms with van der Waals surface area (Å²) in [5.74, 6) is 2.86. The van der Waals surface area contributed by atoms with Crippen LogP contribution in [0.5, 0.6) is 11.5 Å². The van der Waals surface area contributed by atoms with Crippen LogP contribution in [0.1, 0.15) is 44.1 Å². The van der Waals surface area contributed by atoms with Crippen LogP contribution in [-0.2, 0) is 6.54 Å². The second-order valence-electron chi connectivity index (χ2n) is 16.6. The number of aliphatic hydroxyl groups excluding tert-OH is 1. The van der Waals surface area contributed by atoms with Gasteiger partial charge in [0, 0.05) is 56.0 Å². The lowest BCUT2D eigenvalue weighted by Gasteiger charge is -2.32. The number of nitrogens with zero attached hydrogens (tertiary/aromatic N) is 9. The standard InChI is InChI=1S/C28H27N7O.C12H17BN2O4.C6H14BNO2/c29-26-18-20(10-15-31-26)19-34-16-11-23(12-17-34)36-22-8-6-21(7-9-22)35-27-25(5-3-14-32-27)33-28(35)24-4-1-2-13-30-24;1-13(16)14-8-6-12(7-9-14)19-11-4-2-10(3-5-11)15(17)18;1-7(10)8-4-2-6(9)3-5-8/h1-10,13-15,18,23H,11-12,16-17,19H2,(H2,29,31);2-5,12,16H,6-9H2,1H3;6,9-10H,2-5H2,1H3. The van der Waals surface area contributed by atoms with Crippen molar-refractivity contribution in [3.63, 3.8) is 0 Å². The maximum atomic E-state index is 10.5. The molecule has 9 rings (SSSR count). The van der Waals surface area contributed by atoms with Crippen LogP contribution in [0.3, 0.4) is 0 Å². The predicted octanol–water partition coefficient (Wildman–Crippen LogP) is 5.60. The molecule has 0 radical (unpaired) electrons. The fourth-order valence-electron chi connectivity index (χ4n) is 8.19. The Labute approximate surface area is 380 Å². The molecule has 0 spiro atoms. The number of hydrogen-bond acceptors (Lipinski definition) is 15. The third-order valence-electron chi connectivity index (χ3n) is 11.9. The highest BCUT2D eigenvalue weighted by Crippen LogP contribution is 2.29. The third kappa shape index (κ3) is 13.3. The van der Waals surface area contributed by atoms with Gasteiger partial charge in [-0.25, -0.2) is 15.0 Å². The molecule has 0 atom stereocenters. The molecule has 2 aromatic carbocycles. The number of anilines is 1. The van der Waals surface area contributed by atoms with Gasteiger partial charge in [0.1, 0.15) is 40.7 Å². The molecule has 0 saturated carbocycles. The summed E-state index contributed by atoms with van der Waals surface area (Å²) < 4.78 is 14.2. The molecule has 340 valence electrons. The number of aromatic nitrogens is 5. The van der Waals surface area contributed by atoms with Gasteiger partial charge in [-0.15, -0.1) is 0 Å². The van der Waals surface area contributed by atoms with E-state index in [4.69, 9.17) is 30.3 Å². The largest absolute Gasteiger partial charge is 0.490 e. The Morgan fingerprint density at radius 2 is 1.31 bits per heavy atom. The van der Waals surface area contributed by atoms with E-state index < -0.39 is 12.0 Å². The fourth-order valence-corrected chi connectivity index (χ4v) is 8.19. The first kappa shape index (κ1) is 47.0. The van der Waals surface area contributed by atoms with Gasteiger partial charge in [-0.1, -0.05) is 6.07 Å². The smallest absolute Gasteiger partial charge is 0.376 e. The maximum absolute atomic E-state index is 10.5. The number of non-ortho nitro benzene ring substituents is 1. The van der Waals surface area contributed by atoms with Gasteiger partial charge < -0.3 is 40.0 Å². The van der Waals surface area contributed by atoms with E-state index in [-0.39, 0.29) is 31.0 Å². The molecule has 3 aliphatic heterocycles. The first-order valence-electron chi connectivity index (χ1n) is 22.4. The summed E-state index contributed by atoms with van der Waals surface area (Å²) in [6.45, 7) is 9.63. The number of likely N-dealkylation sites (tertiary alicyclic amines) is 1. The molecule has 4 aromatic heterocycles. The second kappa shape index (κ2) is 22.8. The number of rotatable bonds is 11. The normalized spacial score (nSPS) is 16.8. The third-order valence-corrected chi connectivity index (χ3v) is 11.9. The van der Waals surface area contributed by atoms with E-state index in [0.29, 0.717) is 11.6 Å². The average molecular weight is 885 g/mol. The summed E-state index contributed by atoms with van der Waals surface area (Å²) >= 11 is 0. The van der Waals surface area contributed by atoms with Gasteiger partial charge >= 0.3 is 14.1 Å². The van der Waals surface area contributed by atoms with E-state index in [2.05, 4.69) is 32.0 Å². The van der Waals surface area contributed by atoms with Crippen LogP contribution in [0.2, 0.25) is 13.6 Å². The highest BCUT2D eigenvalue weighted by molar-refractivity contribution is 6.45. The topological polar surface area (TPSA) is 215 Å². The molecular formula is C46H58B2N10O7. The number of benzene rings is 2. The summed E-state index contributed by atoms with van der Waals surface area (Å²) in [5, 5.41) is 38.2. The van der Waals surface area contributed by atoms with E-state index in [1.807, 2.05) is 68.8 Å². The molecular weight excluding hydrogens is 826 g/mol. The molecule has 5 N–H and O–H groups in total. The zero-order chi connectivity index (χ0) is 45.7. The van der Waals surface area contributed by atoms with Crippen LogP contribution in [0.25, 0.3) is 28.4 Å². The molecule has 0 aliphatic carbocycles. The first-order chi connectivity index (χ1) is 31.5. The number of nitrogen functional groups attached to an aromatic ring is 1. The van der Waals surface area contributed by atoms with Crippen LogP contribution >= 0.6 is 0 Å². The number of hydrogen-bond donors (Lipinski definition) is 4. The number of ether oxygens (including phenoxy) is 2. The number of pyridine rings is 3. The van der Waals surface area contributed by atoms with Gasteiger partial charge in [-0.2, -0.15) is 0 Å². The SMILES string of the molecule is CB(O)N1CCC(O)CC1.CB(O)N1CCC(Oc2ccc([N+](=O)[O-])cc2)CC1.Nc1cc(CN2CCC(Oc3ccc(-n4c(-c5ccccn5)nc5cccnc54)cc3)CC2)ccn1. The monoisotopic (exact) mass is 884 g/mol. The van der Waals surface area contributed by atoms with Crippen LogP contribution in [0, 0.1) is 10.1 Å². The van der Waals surface area contributed by atoms with Crippen LogP contribution in [0.15, 0.2) is 110 Å². The van der Waals surface area contributed by atoms with Crippen LogP contribution < -0.4 is 15.2 Å². The Hall–Kier alpha value is -5.95. The zero-order valence-corrected chi connectivity index (χ0v) is 37.0. The molecule has 65 heavy (non-hydrogen) atoms. The highest BCUT2D eigenvalue weighted by Gasteiger charge is 2.26. The van der Waals surface area contributed by atoms with Crippen molar-refractivity contribution < 1.29 is 29.6 Å². The molecule has 0 bridgehead atoms. The van der Waals surface area contributed by atoms with Gasteiger partial charge in [-0.3, -0.25) is 24.6 Å². The lowest BCUT2D eigenvalue weighted by Crippen LogP contribution is -2.45. The molecule has 6 aromatic rings. The summed E-state index contributed by atoms with van der Waals surface area (Å²) in [6.07, 6.45) is 10.8. The minimum absolute atomic E-state index is 0.0660. The number of fused-ring (bicyclic) bond motifs is 1. The maximum Gasteiger partial charge on any atom is 0.376 e. The Kier molecular flexibility index (Phi) is 16.5. The number of nitrogens with two attached hydrogens (primary N) is 1. The van der Waals surface area contributed by atoms with Crippen LogP contribution in [-0.4, -0.2) is 131 Å². The van der Waals surface area contributed by atoms with Crippen molar-refractivity contribution >= 4 is 36.8 Å². The summed E-state index contributed by atoms with van der Waals surface area (Å²) in [7, 11) is -0.771. The van der Waals surface area contributed by atoms with Gasteiger partial charge in [-0.05, 0) is 157 Å². The number of nitro benzene ring substituents is 1. The van der Waals surface area contributed by atoms with Gasteiger partial charge in [0.15, 0.2) is 11.5 Å². The van der Waals surface area contributed by atoms with Gasteiger partial charge in [0.2, 0.25) is 0 Å². The van der Waals surface area contributed by atoms with E-state index in [9.17, 15) is 15.1 Å². The minimum atomic E-state index is -0.426. The molecule has 3 fully saturated rings. The van der Waals surface area contributed by atoms with Crippen molar-refractivity contribution in [3.05, 3.63) is 125 Å². The van der Waals surface area contributed by atoms with E-state index >= 15 is 0 Å². The van der Waals surface area contributed by atoms with Crippen molar-refractivity contribution in [1.82, 2.24) is 39.0 Å². The zero-order valence-electron chi connectivity index (χ0n) is 37.0. The van der Waals surface area contributed by atoms with Crippen LogP contribution in [0.4, 0.5) is 11.5 Å². The van der Waals surface area contributed by atoms with E-state index in [0.717, 1.165) is 118 Å². The molecule has 0 unspecified atom stereocenters. The van der Waals surface area contributed by atoms with E-state index in [1.54, 1.807) is 44.4 Å². The Balaban J connectivity index is 0.000000180. The van der Waals surface area contributed by atoms with E-state index in [1.165, 1.54) is 17.7 Å². The van der Waals surface area contributed by atoms with Crippen molar-refractivity contribution in [2.75, 3.05) is 45.0 Å². The average Bonchev–Trinajstić information content (AvgIpc) is 3.71. The van der Waals surface area contributed by atoms with Crippen molar-refractivity contribution in [3.8, 4) is 28.7 Å². The predicted molar refractivity (Wildman–Crippen MR) is 252 cm³/mol. The van der Waals surface area contributed by atoms with Gasteiger partial charge in [0.05, 0.1) is 11.0 Å². The second-order valence-corrected chi connectivity index (χ2v) is 16.6. The molecule has 3 saturated heterocycles. The Morgan fingerprint density at radius 3 is 1.88 bits per heavy atom. The molecule has 17 nitrogen and oxygen atoms in total. The summed E-state index contributed by atoms with van der Waals surface area (Å²) in [6, 6.07) is 28.0. The first-order valence-corrected chi connectivity index (χ1v) is 22.4. The number of piperidine rings is 3. The highest BCUT2D eigenvalue weighted by atomic mass is 16.6. The Morgan fingerprint density at radius 1 is 0.723 bits per heavy atom. The number of aliphatic hydroxyl groups is 1. The van der Waals surface area contributed by atoms with Crippen molar-refractivity contribution in [1.29, 1.82) is 0 Å². The quantitative estimate of drug-likeness (QED) is 0.0708. The van der Waals surface area contributed by atoms with Gasteiger partial charge in [0.25, 0.3) is 5.69 Å². The Bertz CT molecular complexity index is 2390.